The third kappa shape index (κ3) is 3.00. The van der Waals surface area contributed by atoms with Crippen LogP contribution in [0.2, 0.25) is 0 Å². The van der Waals surface area contributed by atoms with Gasteiger partial charge in [0.05, 0.1) is 17.5 Å². The number of carbonyl (C=O) groups excluding carboxylic acids is 1. The molecular weight excluding hydrogens is 264 g/mol. The second-order valence-electron chi connectivity index (χ2n) is 5.56. The summed E-state index contributed by atoms with van der Waals surface area (Å²) in [5.74, 6) is 0.917. The number of hydrogen-bond donors (Lipinski definition) is 0. The Balaban J connectivity index is 2.37. The van der Waals surface area contributed by atoms with Gasteiger partial charge in [-0.1, -0.05) is 26.0 Å². The number of methoxy groups -OCH3 is 1. The first-order valence-electron chi connectivity index (χ1n) is 7.58. The molecule has 21 heavy (non-hydrogen) atoms. The Kier molecular flexibility index (Phi) is 4.78. The maximum absolute atomic E-state index is 12.6. The van der Waals surface area contributed by atoms with Crippen LogP contribution in [0.1, 0.15) is 39.4 Å². The maximum atomic E-state index is 12.6. The minimum atomic E-state index is -0.727. The Bertz CT molecular complexity index is 627. The van der Waals surface area contributed by atoms with Crippen molar-refractivity contribution >= 4 is 16.8 Å². The number of carbonyl (C=O) groups is 1. The molecule has 1 heterocycles. The van der Waals surface area contributed by atoms with E-state index in [0.717, 1.165) is 29.8 Å². The lowest BCUT2D eigenvalue weighted by Gasteiger charge is -2.24. The number of nitrogens with zero attached hydrogens (tertiary/aromatic N) is 2. The fraction of sp³-hybridized carbons (Fsp3) is 0.529. The molecule has 0 radical (unpaired) electrons. The topological polar surface area (TPSA) is 44.1 Å². The predicted octanol–water partition coefficient (Wildman–Crippen LogP) is 3.37. The van der Waals surface area contributed by atoms with Crippen LogP contribution in [0.3, 0.4) is 0 Å². The minimum absolute atomic E-state index is 0.0835. The number of para-hydroxylation sites is 2. The van der Waals surface area contributed by atoms with Crippen molar-refractivity contribution in [2.75, 3.05) is 7.11 Å². The van der Waals surface area contributed by atoms with Crippen LogP contribution in [0.5, 0.6) is 0 Å². The molecule has 0 aliphatic carbocycles. The van der Waals surface area contributed by atoms with E-state index in [9.17, 15) is 4.79 Å². The molecule has 0 saturated carbocycles. The molecule has 0 bridgehead atoms. The molecule has 0 fully saturated rings. The van der Waals surface area contributed by atoms with Gasteiger partial charge in [-0.05, 0) is 31.9 Å². The van der Waals surface area contributed by atoms with E-state index in [2.05, 4.69) is 22.5 Å². The Morgan fingerprint density at radius 2 is 2.05 bits per heavy atom. The van der Waals surface area contributed by atoms with Gasteiger partial charge in [0.15, 0.2) is 5.78 Å². The number of imidazole rings is 1. The van der Waals surface area contributed by atoms with Crippen LogP contribution < -0.4 is 0 Å². The van der Waals surface area contributed by atoms with E-state index in [0.29, 0.717) is 12.8 Å². The first-order chi connectivity index (χ1) is 10.1. The summed E-state index contributed by atoms with van der Waals surface area (Å²) in [7, 11) is 1.59. The molecule has 4 heteroatoms. The fourth-order valence-corrected chi connectivity index (χ4v) is 2.52. The van der Waals surface area contributed by atoms with Crippen molar-refractivity contribution in [1.29, 1.82) is 0 Å². The summed E-state index contributed by atoms with van der Waals surface area (Å²) in [4.78, 5) is 17.2. The van der Waals surface area contributed by atoms with Gasteiger partial charge in [0.2, 0.25) is 0 Å². The first kappa shape index (κ1) is 15.7. The van der Waals surface area contributed by atoms with E-state index < -0.39 is 5.60 Å². The van der Waals surface area contributed by atoms with E-state index in [1.165, 1.54) is 0 Å². The van der Waals surface area contributed by atoms with Crippen molar-refractivity contribution < 1.29 is 9.53 Å². The second-order valence-corrected chi connectivity index (χ2v) is 5.56. The molecule has 2 aromatic rings. The summed E-state index contributed by atoms with van der Waals surface area (Å²) in [6.07, 6.45) is 1.99. The zero-order valence-electron chi connectivity index (χ0n) is 13.3. The Labute approximate surface area is 126 Å². The second kappa shape index (κ2) is 6.39. The highest BCUT2D eigenvalue weighted by atomic mass is 16.5. The van der Waals surface area contributed by atoms with Crippen molar-refractivity contribution in [3.05, 3.63) is 30.1 Å². The summed E-state index contributed by atoms with van der Waals surface area (Å²) < 4.78 is 7.56. The molecule has 4 nitrogen and oxygen atoms in total. The van der Waals surface area contributed by atoms with Gasteiger partial charge < -0.3 is 9.30 Å². The van der Waals surface area contributed by atoms with E-state index in [-0.39, 0.29) is 5.78 Å². The molecule has 1 aromatic heterocycles. The number of fused-ring (bicyclic) bond motifs is 1. The quantitative estimate of drug-likeness (QED) is 0.784. The molecule has 0 saturated heterocycles. The molecule has 2 rings (SSSR count). The van der Waals surface area contributed by atoms with E-state index >= 15 is 0 Å². The summed E-state index contributed by atoms with van der Waals surface area (Å²) in [6, 6.07) is 8.03. The average Bonchev–Trinajstić information content (AvgIpc) is 2.84. The van der Waals surface area contributed by atoms with Crippen LogP contribution in [0, 0.1) is 0 Å². The number of rotatable bonds is 7. The number of ketones is 1. The highest BCUT2D eigenvalue weighted by Gasteiger charge is 2.31. The Hall–Kier alpha value is -1.68. The first-order valence-corrected chi connectivity index (χ1v) is 7.58. The third-order valence-electron chi connectivity index (χ3n) is 4.21. The molecule has 0 aliphatic heterocycles. The summed E-state index contributed by atoms with van der Waals surface area (Å²) in [6.45, 7) is 6.82. The Morgan fingerprint density at radius 3 is 2.67 bits per heavy atom. The van der Waals surface area contributed by atoms with Crippen LogP contribution in [-0.4, -0.2) is 28.0 Å². The SMILES string of the molecule is CCCn1c(CC(=O)C(C)(CC)OC)nc2ccccc21. The lowest BCUT2D eigenvalue weighted by molar-refractivity contribution is -0.138. The van der Waals surface area contributed by atoms with E-state index in [4.69, 9.17) is 4.74 Å². The van der Waals surface area contributed by atoms with Crippen molar-refractivity contribution in [2.45, 2.75) is 52.2 Å². The zero-order chi connectivity index (χ0) is 15.5. The molecule has 0 amide bonds. The zero-order valence-corrected chi connectivity index (χ0v) is 13.3. The molecule has 1 atom stereocenters. The van der Waals surface area contributed by atoms with Crippen LogP contribution in [0.15, 0.2) is 24.3 Å². The van der Waals surface area contributed by atoms with E-state index in [1.54, 1.807) is 7.11 Å². The number of ether oxygens (including phenoxy) is 1. The minimum Gasteiger partial charge on any atom is -0.371 e. The van der Waals surface area contributed by atoms with Crippen molar-refractivity contribution in [3.63, 3.8) is 0 Å². The van der Waals surface area contributed by atoms with Crippen molar-refractivity contribution in [3.8, 4) is 0 Å². The van der Waals surface area contributed by atoms with Crippen LogP contribution in [0.4, 0.5) is 0 Å². The summed E-state index contributed by atoms with van der Waals surface area (Å²) in [5, 5.41) is 0. The maximum Gasteiger partial charge on any atom is 0.171 e. The molecule has 1 unspecified atom stereocenters. The van der Waals surface area contributed by atoms with Gasteiger partial charge in [-0.15, -0.1) is 0 Å². The smallest absolute Gasteiger partial charge is 0.171 e. The lowest BCUT2D eigenvalue weighted by atomic mass is 9.95. The standard InChI is InChI=1S/C17H24N2O2/c1-5-11-19-14-10-8-7-9-13(14)18-16(19)12-15(20)17(3,6-2)21-4/h7-10H,5-6,11-12H2,1-4H3. The van der Waals surface area contributed by atoms with Gasteiger partial charge in [0.1, 0.15) is 11.4 Å². The largest absolute Gasteiger partial charge is 0.371 e. The lowest BCUT2D eigenvalue weighted by Crippen LogP contribution is -2.38. The normalized spacial score (nSPS) is 14.3. The highest BCUT2D eigenvalue weighted by molar-refractivity contribution is 5.89. The molecule has 0 spiro atoms. The van der Waals surface area contributed by atoms with Crippen molar-refractivity contribution in [2.24, 2.45) is 0 Å². The van der Waals surface area contributed by atoms with Gasteiger partial charge in [-0.3, -0.25) is 4.79 Å². The molecule has 114 valence electrons. The predicted molar refractivity (Wildman–Crippen MR) is 84.4 cm³/mol. The number of benzene rings is 1. The molecular formula is C17H24N2O2. The molecule has 1 aromatic carbocycles. The highest BCUT2D eigenvalue weighted by Crippen LogP contribution is 2.21. The van der Waals surface area contributed by atoms with Gasteiger partial charge in [-0.25, -0.2) is 4.98 Å². The average molecular weight is 288 g/mol. The molecule has 0 aliphatic rings. The number of aryl methyl sites for hydroxylation is 1. The van der Waals surface area contributed by atoms with Crippen LogP contribution in [-0.2, 0) is 22.5 Å². The monoisotopic (exact) mass is 288 g/mol. The third-order valence-corrected chi connectivity index (χ3v) is 4.21. The fourth-order valence-electron chi connectivity index (χ4n) is 2.52. The summed E-state index contributed by atoms with van der Waals surface area (Å²) >= 11 is 0. The van der Waals surface area contributed by atoms with Crippen LogP contribution in [0.25, 0.3) is 11.0 Å². The van der Waals surface area contributed by atoms with Gasteiger partial charge in [0.25, 0.3) is 0 Å². The summed E-state index contributed by atoms with van der Waals surface area (Å²) in [5.41, 5.74) is 1.32. The van der Waals surface area contributed by atoms with Gasteiger partial charge >= 0.3 is 0 Å². The molecule has 0 N–H and O–H groups in total. The Morgan fingerprint density at radius 1 is 1.33 bits per heavy atom. The van der Waals surface area contributed by atoms with E-state index in [1.807, 2.05) is 32.0 Å². The van der Waals surface area contributed by atoms with Gasteiger partial charge in [-0.2, -0.15) is 0 Å². The number of aromatic nitrogens is 2. The van der Waals surface area contributed by atoms with Crippen LogP contribution >= 0.6 is 0 Å². The van der Waals surface area contributed by atoms with Crippen molar-refractivity contribution in [1.82, 2.24) is 9.55 Å². The number of hydrogen-bond acceptors (Lipinski definition) is 3. The number of Topliss-reactive ketones (excluding diaryl/α,β-unsaturated/α-hetero) is 1. The van der Waals surface area contributed by atoms with Gasteiger partial charge in [0, 0.05) is 13.7 Å².